The Labute approximate surface area is 274 Å². The van der Waals surface area contributed by atoms with Crippen LogP contribution in [0.4, 0.5) is 0 Å². The molecule has 0 aromatic heterocycles. The third-order valence-electron chi connectivity index (χ3n) is 7.85. The zero-order valence-corrected chi connectivity index (χ0v) is 29.5. The Morgan fingerprint density at radius 3 is 1.53 bits per heavy atom. The average molecular weight is 665 g/mol. The fraction of sp³-hybridized carbons (Fsp3) is 0.941. The van der Waals surface area contributed by atoms with Gasteiger partial charge in [-0.2, -0.15) is 0 Å². The summed E-state index contributed by atoms with van der Waals surface area (Å²) in [6, 6.07) is -1.33. The molecule has 45 heavy (non-hydrogen) atoms. The van der Waals surface area contributed by atoms with Crippen LogP contribution in [0.15, 0.2) is 0 Å². The fourth-order valence-corrected chi connectivity index (χ4v) is 5.62. The highest BCUT2D eigenvalue weighted by Gasteiger charge is 2.28. The van der Waals surface area contributed by atoms with E-state index in [0.29, 0.717) is 6.42 Å². The van der Waals surface area contributed by atoms with Gasteiger partial charge in [-0.15, -0.1) is 9.05 Å². The van der Waals surface area contributed by atoms with Crippen molar-refractivity contribution in [1.29, 1.82) is 0 Å². The molecule has 0 saturated carbocycles. The summed E-state index contributed by atoms with van der Waals surface area (Å²) in [5.41, 5.74) is 5.36. The van der Waals surface area contributed by atoms with Crippen LogP contribution in [0.3, 0.4) is 0 Å². The molecule has 0 amide bonds. The first kappa shape index (κ1) is 43.8. The second-order valence-electron chi connectivity index (χ2n) is 12.3. The van der Waals surface area contributed by atoms with Crippen LogP contribution in [0.2, 0.25) is 0 Å². The number of carbonyl (C=O) groups is 2. The average Bonchev–Trinajstić information content (AvgIpc) is 3.02. The molecule has 0 aromatic rings. The molecule has 10 nitrogen and oxygen atoms in total. The van der Waals surface area contributed by atoms with Gasteiger partial charge >= 0.3 is 20.2 Å². The van der Waals surface area contributed by atoms with Gasteiger partial charge in [-0.3, -0.25) is 9.59 Å². The van der Waals surface area contributed by atoms with Crippen molar-refractivity contribution in [3.63, 3.8) is 0 Å². The van der Waals surface area contributed by atoms with Crippen LogP contribution in [0, 0.1) is 0 Å². The smallest absolute Gasteiger partial charge is 0.480 e. The molecule has 0 fully saturated rings. The van der Waals surface area contributed by atoms with Gasteiger partial charge in [-0.1, -0.05) is 142 Å². The summed E-state index contributed by atoms with van der Waals surface area (Å²) in [5, 5.41) is 19.1. The summed E-state index contributed by atoms with van der Waals surface area (Å²) in [7, 11) is -2.67. The van der Waals surface area contributed by atoms with E-state index in [1.165, 1.54) is 103 Å². The number of hydrogen-bond acceptors (Lipinski definition) is 9. The molecule has 2 unspecified atom stereocenters. The third kappa shape index (κ3) is 31.2. The largest absolute Gasteiger partial charge is 0.697 e. The summed E-state index contributed by atoms with van der Waals surface area (Å²) < 4.78 is 33.1. The Balaban J connectivity index is 4.32. The quantitative estimate of drug-likeness (QED) is 0.0259. The van der Waals surface area contributed by atoms with Gasteiger partial charge in [0.05, 0.1) is 6.61 Å². The van der Waals surface area contributed by atoms with Gasteiger partial charge in [-0.05, 0) is 19.3 Å². The van der Waals surface area contributed by atoms with Gasteiger partial charge in [0.15, 0.2) is 12.4 Å². The van der Waals surface area contributed by atoms with E-state index in [2.05, 4.69) is 13.8 Å². The van der Waals surface area contributed by atoms with Crippen LogP contribution in [-0.2, 0) is 32.7 Å². The second kappa shape index (κ2) is 32.8. The van der Waals surface area contributed by atoms with Crippen LogP contribution >= 0.6 is 8.25 Å². The summed E-state index contributed by atoms with van der Waals surface area (Å²) in [6.45, 7) is 3.57. The molecular weight excluding hydrogens is 597 g/mol. The minimum absolute atomic E-state index is 0.124. The number of carbonyl (C=O) groups excluding carboxylic acids is 1. The molecule has 4 atom stereocenters. The first-order valence-corrected chi connectivity index (χ1v) is 19.1. The van der Waals surface area contributed by atoms with E-state index in [-0.39, 0.29) is 19.6 Å². The van der Waals surface area contributed by atoms with Crippen LogP contribution in [-0.4, -0.2) is 60.4 Å². The number of hydrogen-bond donors (Lipinski definition) is 3. The highest BCUT2D eigenvalue weighted by Crippen LogP contribution is 2.24. The van der Waals surface area contributed by atoms with E-state index in [1.807, 2.05) is 0 Å². The molecule has 0 aliphatic heterocycles. The zero-order chi connectivity index (χ0) is 33.4. The molecular formula is C34H67NO9P+. The molecule has 11 heteroatoms. The summed E-state index contributed by atoms with van der Waals surface area (Å²) in [5.74, 6) is -1.69. The highest BCUT2D eigenvalue weighted by atomic mass is 31.1. The molecule has 0 aliphatic carbocycles. The predicted molar refractivity (Wildman–Crippen MR) is 179 cm³/mol. The minimum Gasteiger partial charge on any atom is -0.480 e. The van der Waals surface area contributed by atoms with Gasteiger partial charge in [0.25, 0.3) is 0 Å². The van der Waals surface area contributed by atoms with Crippen molar-refractivity contribution in [3.8, 4) is 0 Å². The third-order valence-corrected chi connectivity index (χ3v) is 8.57. The number of carboxylic acid groups (broad SMARTS) is 1. The van der Waals surface area contributed by atoms with Gasteiger partial charge in [-0.25, -0.2) is 0 Å². The first-order valence-electron chi connectivity index (χ1n) is 18.0. The minimum atomic E-state index is -2.67. The number of carboxylic acids is 1. The maximum atomic E-state index is 12.5. The number of unbranched alkanes of at least 4 members (excludes halogenated alkanes) is 20. The molecule has 0 spiro atoms. The standard InChI is InChI=1S/C34H66NO9P/c1-3-5-7-9-11-13-15-17-19-21-23-25-32(36)41-27-30(28-42-45(40)43-29-31(35)34(38)39)44-33(37)26-24-22-20-18-16-14-12-10-8-6-4-2/h30-32,36H,3-29,35H2,1-2H3/p+1/t30-,31+,32?/m1/s1. The number of nitrogens with two attached hydrogens (primary N) is 1. The van der Waals surface area contributed by atoms with Crippen LogP contribution < -0.4 is 5.73 Å². The number of aliphatic hydroxyl groups excluding tert-OH is 1. The van der Waals surface area contributed by atoms with E-state index in [9.17, 15) is 19.3 Å². The highest BCUT2D eigenvalue weighted by molar-refractivity contribution is 7.33. The maximum Gasteiger partial charge on any atom is 0.697 e. The Morgan fingerprint density at radius 2 is 1.07 bits per heavy atom. The normalized spacial score (nSPS) is 13.8. The van der Waals surface area contributed by atoms with Gasteiger partial charge in [0, 0.05) is 11.0 Å². The molecule has 0 aromatic carbocycles. The van der Waals surface area contributed by atoms with Crippen LogP contribution in [0.1, 0.15) is 168 Å². The molecule has 0 heterocycles. The molecule has 4 N–H and O–H groups in total. The predicted octanol–water partition coefficient (Wildman–Crippen LogP) is 8.74. The number of rotatable bonds is 35. The Morgan fingerprint density at radius 1 is 0.644 bits per heavy atom. The summed E-state index contributed by atoms with van der Waals surface area (Å²) in [6.07, 6.45) is 25.1. The van der Waals surface area contributed by atoms with Gasteiger partial charge in [0.1, 0.15) is 19.3 Å². The summed E-state index contributed by atoms with van der Waals surface area (Å²) in [4.78, 5) is 23.3. The summed E-state index contributed by atoms with van der Waals surface area (Å²) >= 11 is 0. The van der Waals surface area contributed by atoms with Crippen molar-refractivity contribution >= 4 is 20.2 Å². The van der Waals surface area contributed by atoms with Crippen LogP contribution in [0.5, 0.6) is 0 Å². The fourth-order valence-electron chi connectivity index (χ4n) is 4.97. The molecule has 0 rings (SSSR count). The van der Waals surface area contributed by atoms with Crippen molar-refractivity contribution < 1.29 is 42.9 Å². The Bertz CT molecular complexity index is 713. The van der Waals surface area contributed by atoms with Crippen molar-refractivity contribution in [1.82, 2.24) is 0 Å². The molecule has 0 saturated heterocycles. The van der Waals surface area contributed by atoms with Crippen molar-refractivity contribution in [2.24, 2.45) is 5.73 Å². The molecule has 0 radical (unpaired) electrons. The number of aliphatic hydroxyl groups is 1. The van der Waals surface area contributed by atoms with E-state index >= 15 is 0 Å². The van der Waals surface area contributed by atoms with E-state index in [1.54, 1.807) is 0 Å². The Hall–Kier alpha value is -1.16. The second-order valence-corrected chi connectivity index (χ2v) is 13.2. The van der Waals surface area contributed by atoms with Crippen molar-refractivity contribution in [3.05, 3.63) is 0 Å². The number of aliphatic carboxylic acids is 1. The first-order chi connectivity index (χ1) is 21.8. The number of ether oxygens (including phenoxy) is 2. The van der Waals surface area contributed by atoms with Gasteiger partial charge in [0.2, 0.25) is 0 Å². The monoisotopic (exact) mass is 664 g/mol. The molecule has 0 bridgehead atoms. The van der Waals surface area contributed by atoms with Crippen molar-refractivity contribution in [2.75, 3.05) is 19.8 Å². The van der Waals surface area contributed by atoms with Gasteiger partial charge < -0.3 is 25.4 Å². The lowest BCUT2D eigenvalue weighted by Gasteiger charge is -2.18. The molecule has 266 valence electrons. The molecule has 0 aliphatic rings. The number of esters is 1. The van der Waals surface area contributed by atoms with E-state index in [0.717, 1.165) is 38.5 Å². The lowest BCUT2D eigenvalue weighted by Crippen LogP contribution is -2.34. The van der Waals surface area contributed by atoms with E-state index in [4.69, 9.17) is 29.4 Å². The van der Waals surface area contributed by atoms with E-state index < -0.39 is 45.2 Å². The zero-order valence-electron chi connectivity index (χ0n) is 28.6. The lowest BCUT2D eigenvalue weighted by molar-refractivity contribution is -0.166. The van der Waals surface area contributed by atoms with Crippen molar-refractivity contribution in [2.45, 2.75) is 186 Å². The SMILES string of the molecule is CCCCCCCCCCCCCC(=O)O[C@H](COC(O)CCCCCCCCCCCCC)CO[P+](=O)OC[C@H](N)C(=O)O. The van der Waals surface area contributed by atoms with Crippen LogP contribution in [0.25, 0.3) is 0 Å². The lowest BCUT2D eigenvalue weighted by atomic mass is 10.1. The Kier molecular flexibility index (Phi) is 31.9. The topological polar surface area (TPSA) is 155 Å². The maximum absolute atomic E-state index is 12.5.